The van der Waals surface area contributed by atoms with Gasteiger partial charge in [-0.15, -0.1) is 5.75 Å². The number of ether oxygens (including phenoxy) is 2. The molecule has 0 atom stereocenters. The summed E-state index contributed by atoms with van der Waals surface area (Å²) in [5.41, 5.74) is 4.01. The molecule has 0 saturated carbocycles. The first kappa shape index (κ1) is 22.7. The third-order valence-corrected chi connectivity index (χ3v) is 5.57. The van der Waals surface area contributed by atoms with E-state index in [1.807, 2.05) is 59.3 Å². The molecular weight excluding hydrogens is 502 g/mol. The monoisotopic (exact) mass is 520 g/mol. The van der Waals surface area contributed by atoms with Crippen LogP contribution in [0, 0.1) is 3.57 Å². The van der Waals surface area contributed by atoms with E-state index in [-0.39, 0.29) is 35.3 Å². The molecule has 7 heteroatoms. The van der Waals surface area contributed by atoms with Gasteiger partial charge in [0.15, 0.2) is 11.5 Å². The summed E-state index contributed by atoms with van der Waals surface area (Å²) in [6.45, 7) is 0. The van der Waals surface area contributed by atoms with Gasteiger partial charge >= 0.3 is 29.6 Å². The van der Waals surface area contributed by atoms with E-state index in [9.17, 15) is 5.11 Å². The summed E-state index contributed by atoms with van der Waals surface area (Å²) < 4.78 is 13.8. The van der Waals surface area contributed by atoms with Gasteiger partial charge < -0.3 is 14.6 Å². The van der Waals surface area contributed by atoms with Gasteiger partial charge in [0, 0.05) is 14.7 Å². The van der Waals surface area contributed by atoms with Crippen LogP contribution in [-0.4, -0.2) is 24.0 Å². The molecule has 0 fully saturated rings. The molecule has 0 saturated heterocycles. The van der Waals surface area contributed by atoms with Crippen LogP contribution >= 0.6 is 22.6 Å². The molecule has 5 nitrogen and oxygen atoms in total. The summed E-state index contributed by atoms with van der Waals surface area (Å²) in [6, 6.07) is 20.7. The van der Waals surface area contributed by atoms with Gasteiger partial charge in [-0.3, -0.25) is 0 Å². The van der Waals surface area contributed by atoms with E-state index in [0.29, 0.717) is 17.1 Å². The molecule has 146 valence electrons. The minimum absolute atomic E-state index is 0. The molecule has 3 aromatic carbocycles. The predicted molar refractivity (Wildman–Crippen MR) is 120 cm³/mol. The van der Waals surface area contributed by atoms with Gasteiger partial charge in [-0.05, 0) is 52.4 Å². The first-order valence-corrected chi connectivity index (χ1v) is 10.0. The van der Waals surface area contributed by atoms with Crippen molar-refractivity contribution in [1.82, 2.24) is 9.78 Å². The maximum absolute atomic E-state index is 12.6. The van der Waals surface area contributed by atoms with Crippen molar-refractivity contribution in [2.75, 3.05) is 14.2 Å². The normalized spacial score (nSPS) is 10.4. The first-order valence-electron chi connectivity index (χ1n) is 8.95. The van der Waals surface area contributed by atoms with Crippen LogP contribution in [0.15, 0.2) is 72.9 Å². The van der Waals surface area contributed by atoms with Crippen molar-refractivity contribution in [1.29, 1.82) is 0 Å². The van der Waals surface area contributed by atoms with Crippen molar-refractivity contribution in [3.05, 3.63) is 76.5 Å². The van der Waals surface area contributed by atoms with Gasteiger partial charge in [0.1, 0.15) is 0 Å². The third kappa shape index (κ3) is 4.23. The second-order valence-electron chi connectivity index (χ2n) is 6.34. The molecular formula is C23H18IN2NaO3. The molecule has 0 aliphatic heterocycles. The van der Waals surface area contributed by atoms with E-state index in [0.717, 1.165) is 26.1 Å². The summed E-state index contributed by atoms with van der Waals surface area (Å²) in [5, 5.41) is 17.2. The number of para-hydroxylation sites is 2. The smallest absolute Gasteiger partial charge is 0.872 e. The van der Waals surface area contributed by atoms with Crippen LogP contribution in [0.1, 0.15) is 0 Å². The second-order valence-corrected chi connectivity index (χ2v) is 7.50. The Morgan fingerprint density at radius 2 is 1.47 bits per heavy atom. The molecule has 0 radical (unpaired) electrons. The van der Waals surface area contributed by atoms with Gasteiger partial charge in [-0.1, -0.05) is 42.5 Å². The van der Waals surface area contributed by atoms with Gasteiger partial charge in [0.2, 0.25) is 0 Å². The van der Waals surface area contributed by atoms with Crippen molar-refractivity contribution in [2.24, 2.45) is 0 Å². The molecule has 1 aromatic heterocycles. The van der Waals surface area contributed by atoms with E-state index >= 15 is 0 Å². The molecule has 30 heavy (non-hydrogen) atoms. The van der Waals surface area contributed by atoms with Crippen LogP contribution in [0.25, 0.3) is 28.1 Å². The van der Waals surface area contributed by atoms with Crippen LogP contribution in [0.5, 0.6) is 17.2 Å². The quantitative estimate of drug-likeness (QED) is 0.298. The zero-order valence-electron chi connectivity index (χ0n) is 16.9. The molecule has 0 N–H and O–H groups in total. The van der Waals surface area contributed by atoms with Crippen molar-refractivity contribution >= 4 is 22.6 Å². The predicted octanol–water partition coefficient (Wildman–Crippen LogP) is 1.91. The van der Waals surface area contributed by atoms with Crippen LogP contribution in [0.2, 0.25) is 0 Å². The molecule has 0 aliphatic rings. The minimum Gasteiger partial charge on any atom is -0.872 e. The van der Waals surface area contributed by atoms with Gasteiger partial charge in [0.25, 0.3) is 0 Å². The number of rotatable bonds is 5. The Balaban J connectivity index is 0.00000256. The molecule has 4 aromatic rings. The number of aromatic nitrogens is 2. The molecule has 0 amide bonds. The van der Waals surface area contributed by atoms with Crippen molar-refractivity contribution in [3.63, 3.8) is 0 Å². The third-order valence-electron chi connectivity index (χ3n) is 4.68. The molecule has 0 aliphatic carbocycles. The summed E-state index contributed by atoms with van der Waals surface area (Å²) in [4.78, 5) is 0. The fourth-order valence-electron chi connectivity index (χ4n) is 3.29. The Labute approximate surface area is 211 Å². The molecule has 0 spiro atoms. The van der Waals surface area contributed by atoms with Crippen LogP contribution in [0.4, 0.5) is 0 Å². The largest absolute Gasteiger partial charge is 1.00 e. The van der Waals surface area contributed by atoms with Crippen LogP contribution < -0.4 is 44.1 Å². The number of benzene rings is 3. The van der Waals surface area contributed by atoms with Crippen molar-refractivity contribution < 1.29 is 44.1 Å². The number of hydrogen-bond acceptors (Lipinski definition) is 4. The first-order chi connectivity index (χ1) is 14.1. The molecule has 1 heterocycles. The van der Waals surface area contributed by atoms with Crippen LogP contribution in [0.3, 0.4) is 0 Å². The summed E-state index contributed by atoms with van der Waals surface area (Å²) in [5.74, 6) is 1.22. The molecule has 4 rings (SSSR count). The zero-order chi connectivity index (χ0) is 20.4. The van der Waals surface area contributed by atoms with Gasteiger partial charge in [0.05, 0.1) is 31.8 Å². The van der Waals surface area contributed by atoms with Gasteiger partial charge in [-0.25, -0.2) is 4.68 Å². The summed E-state index contributed by atoms with van der Waals surface area (Å²) in [7, 11) is 3.22. The fourth-order valence-corrected chi connectivity index (χ4v) is 3.99. The molecule has 0 unspecified atom stereocenters. The van der Waals surface area contributed by atoms with E-state index in [1.165, 1.54) is 0 Å². The molecule has 0 bridgehead atoms. The number of methoxy groups -OCH3 is 2. The number of nitrogens with zero attached hydrogens (tertiary/aromatic N) is 2. The van der Waals surface area contributed by atoms with Crippen molar-refractivity contribution in [2.45, 2.75) is 0 Å². The van der Waals surface area contributed by atoms with E-state index in [4.69, 9.17) is 9.47 Å². The maximum Gasteiger partial charge on any atom is 1.00 e. The number of halogens is 1. The fraction of sp³-hybridized carbons (Fsp3) is 0.0870. The summed E-state index contributed by atoms with van der Waals surface area (Å²) in [6.07, 6.45) is 1.74. The maximum atomic E-state index is 12.6. The Morgan fingerprint density at radius 1 is 0.833 bits per heavy atom. The Bertz CT molecular complexity index is 1160. The van der Waals surface area contributed by atoms with E-state index < -0.39 is 0 Å². The standard InChI is InChI=1S/C23H19IN2O3.Na/c1-28-21-12-17(19(24)13-22(21)29-2)23-18(16-10-6-7-11-20(16)27)14-25-26(23)15-8-4-3-5-9-15;/h3-14,27H,1-2H3;/q;+1/p-1. The van der Waals surface area contributed by atoms with Crippen molar-refractivity contribution in [3.8, 4) is 45.3 Å². The van der Waals surface area contributed by atoms with E-state index in [1.54, 1.807) is 32.5 Å². The second kappa shape index (κ2) is 9.87. The Hall–Kier alpha value is -2.00. The van der Waals surface area contributed by atoms with Crippen LogP contribution in [-0.2, 0) is 0 Å². The van der Waals surface area contributed by atoms with Gasteiger partial charge in [-0.2, -0.15) is 5.10 Å². The zero-order valence-corrected chi connectivity index (χ0v) is 21.1. The Kier molecular flexibility index (Phi) is 7.46. The SMILES string of the molecule is COc1cc(I)c(-c2c(-c3ccccc3[O-])cnn2-c2ccccc2)cc1OC.[Na+]. The Morgan fingerprint density at radius 3 is 2.13 bits per heavy atom. The average molecular weight is 520 g/mol. The van der Waals surface area contributed by atoms with E-state index in [2.05, 4.69) is 27.7 Å². The topological polar surface area (TPSA) is 59.3 Å². The average Bonchev–Trinajstić information content (AvgIpc) is 3.19. The summed E-state index contributed by atoms with van der Waals surface area (Å²) >= 11 is 2.27. The number of hydrogen-bond donors (Lipinski definition) is 0. The minimum atomic E-state index is -0.0446.